The van der Waals surface area contributed by atoms with Gasteiger partial charge in [-0.05, 0) is 48.2 Å². The van der Waals surface area contributed by atoms with Gasteiger partial charge in [0.15, 0.2) is 0 Å². The minimum Gasteiger partial charge on any atom is -0.480 e. The number of anilines is 1. The van der Waals surface area contributed by atoms with E-state index in [0.717, 1.165) is 30.9 Å². The molecule has 0 unspecified atom stereocenters. The molecule has 0 saturated heterocycles. The van der Waals surface area contributed by atoms with E-state index in [1.54, 1.807) is 4.68 Å². The zero-order chi connectivity index (χ0) is 27.3. The quantitative estimate of drug-likeness (QED) is 0.269. The first-order valence-corrected chi connectivity index (χ1v) is 14.2. The second-order valence-electron chi connectivity index (χ2n) is 8.84. The van der Waals surface area contributed by atoms with Gasteiger partial charge in [0.2, 0.25) is 10.0 Å². The minimum absolute atomic E-state index is 0.214. The van der Waals surface area contributed by atoms with Gasteiger partial charge in [0.25, 0.3) is 5.91 Å². The van der Waals surface area contributed by atoms with Crippen LogP contribution in [0, 0.1) is 0 Å². The first kappa shape index (κ1) is 27.8. The molecular weight excluding hydrogens is 555 g/mol. The summed E-state index contributed by atoms with van der Waals surface area (Å²) >= 11 is 11.8. The van der Waals surface area contributed by atoms with Crippen LogP contribution in [-0.2, 0) is 40.0 Å². The van der Waals surface area contributed by atoms with Crippen LogP contribution in [0.25, 0.3) is 0 Å². The molecule has 0 spiro atoms. The molecule has 1 aromatic carbocycles. The normalized spacial score (nSPS) is 13.8. The number of nitrogens with zero attached hydrogens (tertiary/aromatic N) is 3. The Balaban J connectivity index is 1.30. The molecular formula is C24H26Cl2N6O5S. The summed E-state index contributed by atoms with van der Waals surface area (Å²) in [4.78, 5) is 28.9. The smallest absolute Gasteiger partial charge is 0.323 e. The number of carboxylic acid groups (broad SMARTS) is 1. The van der Waals surface area contributed by atoms with Gasteiger partial charge in [0, 0.05) is 48.0 Å². The molecule has 0 fully saturated rings. The number of aryl methyl sites for hydroxylation is 3. The number of amides is 1. The van der Waals surface area contributed by atoms with Crippen LogP contribution in [0.3, 0.4) is 0 Å². The van der Waals surface area contributed by atoms with E-state index >= 15 is 0 Å². The van der Waals surface area contributed by atoms with Crippen LogP contribution in [-0.4, -0.2) is 59.3 Å². The molecule has 4 N–H and O–H groups in total. The SMILES string of the molecule is O=C(NC[C@H](NS(=O)(=O)Cc1cc(Cl)cc(Cl)c1)C(=O)O)c1cnn(CCc2ccc3c(n2)NCCC3)c1. The fourth-order valence-electron chi connectivity index (χ4n) is 3.99. The highest BCUT2D eigenvalue weighted by Crippen LogP contribution is 2.21. The van der Waals surface area contributed by atoms with Gasteiger partial charge in [-0.15, -0.1) is 0 Å². The molecule has 4 rings (SSSR count). The maximum absolute atomic E-state index is 12.6. The second-order valence-corrected chi connectivity index (χ2v) is 11.5. The molecule has 0 radical (unpaired) electrons. The molecule has 0 saturated carbocycles. The average molecular weight is 581 g/mol. The number of aromatic nitrogens is 3. The monoisotopic (exact) mass is 580 g/mol. The van der Waals surface area contributed by atoms with Crippen LogP contribution in [0.1, 0.15) is 33.6 Å². The van der Waals surface area contributed by atoms with Gasteiger partial charge in [0.1, 0.15) is 11.9 Å². The summed E-state index contributed by atoms with van der Waals surface area (Å²) in [5.74, 6) is -1.65. The van der Waals surface area contributed by atoms with Gasteiger partial charge in [-0.25, -0.2) is 13.4 Å². The number of pyridine rings is 1. The van der Waals surface area contributed by atoms with E-state index in [4.69, 9.17) is 23.2 Å². The summed E-state index contributed by atoms with van der Waals surface area (Å²) in [6, 6.07) is 6.76. The first-order valence-electron chi connectivity index (χ1n) is 11.8. The summed E-state index contributed by atoms with van der Waals surface area (Å²) in [7, 11) is -4.09. The Morgan fingerprint density at radius 2 is 1.95 bits per heavy atom. The number of carbonyl (C=O) groups excluding carboxylic acids is 1. The molecule has 38 heavy (non-hydrogen) atoms. The van der Waals surface area contributed by atoms with Crippen molar-refractivity contribution in [1.82, 2.24) is 24.8 Å². The lowest BCUT2D eigenvalue weighted by Gasteiger charge is -2.17. The number of carboxylic acids is 1. The van der Waals surface area contributed by atoms with Crippen molar-refractivity contribution < 1.29 is 23.1 Å². The largest absolute Gasteiger partial charge is 0.480 e. The Hall–Kier alpha value is -3.19. The summed E-state index contributed by atoms with van der Waals surface area (Å²) in [6.07, 6.45) is 5.60. The van der Waals surface area contributed by atoms with Crippen molar-refractivity contribution in [3.8, 4) is 0 Å². The summed E-state index contributed by atoms with van der Waals surface area (Å²) in [5, 5.41) is 19.9. The van der Waals surface area contributed by atoms with E-state index in [9.17, 15) is 23.1 Å². The zero-order valence-corrected chi connectivity index (χ0v) is 22.5. The summed E-state index contributed by atoms with van der Waals surface area (Å²) in [6.45, 7) is 0.924. The van der Waals surface area contributed by atoms with E-state index in [-0.39, 0.29) is 21.2 Å². The Morgan fingerprint density at radius 1 is 1.18 bits per heavy atom. The lowest BCUT2D eigenvalue weighted by Crippen LogP contribution is -2.48. The van der Waals surface area contributed by atoms with Crippen molar-refractivity contribution >= 4 is 50.9 Å². The van der Waals surface area contributed by atoms with Gasteiger partial charge in [-0.1, -0.05) is 29.3 Å². The third-order valence-corrected chi connectivity index (χ3v) is 7.60. The Kier molecular flexibility index (Phi) is 8.87. The number of nitrogens with one attached hydrogen (secondary N) is 3. The third kappa shape index (κ3) is 7.67. The van der Waals surface area contributed by atoms with Gasteiger partial charge in [0.05, 0.1) is 17.5 Å². The van der Waals surface area contributed by atoms with Crippen LogP contribution >= 0.6 is 23.2 Å². The summed E-state index contributed by atoms with van der Waals surface area (Å²) in [5.41, 5.74) is 2.60. The molecule has 1 aliphatic rings. The highest BCUT2D eigenvalue weighted by atomic mass is 35.5. The van der Waals surface area contributed by atoms with E-state index in [0.29, 0.717) is 13.0 Å². The highest BCUT2D eigenvalue weighted by molar-refractivity contribution is 7.88. The fraction of sp³-hybridized carbons (Fsp3) is 0.333. The fourth-order valence-corrected chi connectivity index (χ4v) is 5.87. The maximum Gasteiger partial charge on any atom is 0.323 e. The van der Waals surface area contributed by atoms with Crippen LogP contribution in [0.5, 0.6) is 0 Å². The lowest BCUT2D eigenvalue weighted by atomic mass is 10.1. The van der Waals surface area contributed by atoms with Crippen LogP contribution < -0.4 is 15.4 Å². The third-order valence-electron chi connectivity index (χ3n) is 5.81. The number of hydrogen-bond donors (Lipinski definition) is 4. The molecule has 202 valence electrons. The molecule has 14 heteroatoms. The molecule has 2 aromatic heterocycles. The standard InChI is InChI=1S/C24H26Cl2N6O5S/c25-18-8-15(9-19(26)10-18)14-38(36,37)31-21(24(34)35)12-28-23(33)17-11-29-32(13-17)7-5-20-4-3-16-2-1-6-27-22(16)30-20/h3-4,8-11,13,21,31H,1-2,5-7,12,14H2,(H,27,30)(H,28,33)(H,34,35)/t21-/m0/s1. The van der Waals surface area contributed by atoms with Crippen LogP contribution in [0.15, 0.2) is 42.7 Å². The van der Waals surface area contributed by atoms with E-state index in [1.807, 2.05) is 6.07 Å². The average Bonchev–Trinajstić information content (AvgIpc) is 3.33. The molecule has 0 bridgehead atoms. The number of fused-ring (bicyclic) bond motifs is 1. The number of aliphatic carboxylic acids is 1. The molecule has 11 nitrogen and oxygen atoms in total. The Bertz CT molecular complexity index is 1430. The minimum atomic E-state index is -4.09. The molecule has 1 atom stereocenters. The number of sulfonamides is 1. The summed E-state index contributed by atoms with van der Waals surface area (Å²) < 4.78 is 28.7. The topological polar surface area (TPSA) is 155 Å². The predicted molar refractivity (Wildman–Crippen MR) is 143 cm³/mol. The van der Waals surface area contributed by atoms with Crippen molar-refractivity contribution in [2.75, 3.05) is 18.4 Å². The van der Waals surface area contributed by atoms with E-state index < -0.39 is 40.2 Å². The van der Waals surface area contributed by atoms with Crippen LogP contribution in [0.4, 0.5) is 5.82 Å². The molecule has 3 heterocycles. The van der Waals surface area contributed by atoms with E-state index in [2.05, 4.69) is 31.5 Å². The van der Waals surface area contributed by atoms with Gasteiger partial charge >= 0.3 is 5.97 Å². The van der Waals surface area contributed by atoms with Crippen molar-refractivity contribution in [2.24, 2.45) is 0 Å². The van der Waals surface area contributed by atoms with Crippen molar-refractivity contribution in [3.63, 3.8) is 0 Å². The number of hydrogen-bond acceptors (Lipinski definition) is 7. The van der Waals surface area contributed by atoms with Crippen molar-refractivity contribution in [1.29, 1.82) is 0 Å². The molecule has 0 aliphatic carbocycles. The van der Waals surface area contributed by atoms with Gasteiger partial charge in [-0.3, -0.25) is 14.3 Å². The molecule has 1 amide bonds. The number of benzene rings is 1. The Morgan fingerprint density at radius 3 is 2.68 bits per heavy atom. The number of rotatable bonds is 11. The predicted octanol–water partition coefficient (Wildman–Crippen LogP) is 2.49. The maximum atomic E-state index is 12.6. The second kappa shape index (κ2) is 12.1. The van der Waals surface area contributed by atoms with Gasteiger partial charge < -0.3 is 15.7 Å². The highest BCUT2D eigenvalue weighted by Gasteiger charge is 2.25. The number of halogens is 2. The number of carbonyl (C=O) groups is 2. The lowest BCUT2D eigenvalue weighted by molar-refractivity contribution is -0.138. The van der Waals surface area contributed by atoms with Crippen molar-refractivity contribution in [3.05, 3.63) is 75.2 Å². The molecule has 1 aliphatic heterocycles. The zero-order valence-electron chi connectivity index (χ0n) is 20.2. The van der Waals surface area contributed by atoms with Crippen LogP contribution in [0.2, 0.25) is 10.0 Å². The Labute approximate surface area is 229 Å². The molecule has 3 aromatic rings. The van der Waals surface area contributed by atoms with E-state index in [1.165, 1.54) is 36.2 Å². The van der Waals surface area contributed by atoms with Gasteiger partial charge in [-0.2, -0.15) is 9.82 Å². The first-order chi connectivity index (χ1) is 18.1. The van der Waals surface area contributed by atoms with Crippen molar-refractivity contribution in [2.45, 2.75) is 37.6 Å².